The van der Waals surface area contributed by atoms with Gasteiger partial charge in [-0.25, -0.2) is 0 Å². The van der Waals surface area contributed by atoms with Crippen molar-refractivity contribution >= 4 is 34.8 Å². The molecule has 6 heteroatoms. The molecule has 0 bridgehead atoms. The summed E-state index contributed by atoms with van der Waals surface area (Å²) >= 11 is 12.0. The number of carbonyl (C=O) groups is 1. The predicted molar refractivity (Wildman–Crippen MR) is 101 cm³/mol. The Labute approximate surface area is 157 Å². The van der Waals surface area contributed by atoms with Crippen molar-refractivity contribution < 1.29 is 9.53 Å². The number of hydrogen-bond donors (Lipinski definition) is 2. The third kappa shape index (κ3) is 5.19. The lowest BCUT2D eigenvalue weighted by atomic mass is 10.1. The van der Waals surface area contributed by atoms with Gasteiger partial charge in [-0.05, 0) is 36.6 Å². The van der Waals surface area contributed by atoms with Gasteiger partial charge in [0.25, 0.3) is 0 Å². The number of amides is 1. The average molecular weight is 379 g/mol. The van der Waals surface area contributed by atoms with Crippen LogP contribution in [-0.4, -0.2) is 25.2 Å². The smallest absolute Gasteiger partial charge is 0.246 e. The van der Waals surface area contributed by atoms with E-state index in [0.29, 0.717) is 22.3 Å². The fourth-order valence-electron chi connectivity index (χ4n) is 2.90. The number of halogens is 2. The summed E-state index contributed by atoms with van der Waals surface area (Å²) in [7, 11) is 0. The minimum atomic E-state index is -0.483. The molecular formula is C19H20Cl2N2O2. The van der Waals surface area contributed by atoms with E-state index in [0.717, 1.165) is 25.0 Å². The summed E-state index contributed by atoms with van der Waals surface area (Å²) in [5, 5.41) is 7.17. The number of rotatable bonds is 6. The van der Waals surface area contributed by atoms with Crippen LogP contribution in [-0.2, 0) is 9.53 Å². The van der Waals surface area contributed by atoms with Gasteiger partial charge in [0.05, 0.1) is 6.10 Å². The number of anilines is 1. The molecule has 1 heterocycles. The highest BCUT2D eigenvalue weighted by atomic mass is 35.5. The zero-order valence-corrected chi connectivity index (χ0v) is 15.2. The van der Waals surface area contributed by atoms with Gasteiger partial charge < -0.3 is 10.1 Å². The first-order valence-corrected chi connectivity index (χ1v) is 9.04. The molecule has 2 N–H and O–H groups in total. The number of ether oxygens (including phenoxy) is 1. The van der Waals surface area contributed by atoms with Gasteiger partial charge in [-0.2, -0.15) is 0 Å². The zero-order valence-electron chi connectivity index (χ0n) is 13.7. The Kier molecular flexibility index (Phi) is 6.32. The number of carbonyl (C=O) groups excluding carboxylic acids is 1. The van der Waals surface area contributed by atoms with Crippen LogP contribution in [0.3, 0.4) is 0 Å². The van der Waals surface area contributed by atoms with Crippen molar-refractivity contribution in [2.45, 2.75) is 25.0 Å². The van der Waals surface area contributed by atoms with E-state index in [1.807, 2.05) is 30.3 Å². The molecule has 0 aromatic heterocycles. The van der Waals surface area contributed by atoms with Gasteiger partial charge in [0.1, 0.15) is 6.04 Å². The topological polar surface area (TPSA) is 50.4 Å². The lowest BCUT2D eigenvalue weighted by Gasteiger charge is -2.21. The molecule has 0 spiro atoms. The van der Waals surface area contributed by atoms with Crippen molar-refractivity contribution in [3.63, 3.8) is 0 Å². The van der Waals surface area contributed by atoms with Gasteiger partial charge in [-0.15, -0.1) is 0 Å². The zero-order chi connectivity index (χ0) is 17.6. The van der Waals surface area contributed by atoms with Crippen molar-refractivity contribution in [1.82, 2.24) is 5.32 Å². The van der Waals surface area contributed by atoms with Crippen LogP contribution in [0.4, 0.5) is 5.69 Å². The Morgan fingerprint density at radius 3 is 2.52 bits per heavy atom. The fraction of sp³-hybridized carbons (Fsp3) is 0.316. The van der Waals surface area contributed by atoms with Gasteiger partial charge in [0.2, 0.25) is 5.91 Å². The lowest BCUT2D eigenvalue weighted by molar-refractivity contribution is -0.118. The third-order valence-corrected chi connectivity index (χ3v) is 4.54. The van der Waals surface area contributed by atoms with Crippen LogP contribution < -0.4 is 10.6 Å². The van der Waals surface area contributed by atoms with E-state index in [9.17, 15) is 4.79 Å². The van der Waals surface area contributed by atoms with Crippen LogP contribution in [0.1, 0.15) is 24.4 Å². The highest BCUT2D eigenvalue weighted by Crippen LogP contribution is 2.24. The van der Waals surface area contributed by atoms with E-state index >= 15 is 0 Å². The molecular weight excluding hydrogens is 359 g/mol. The number of benzene rings is 2. The summed E-state index contributed by atoms with van der Waals surface area (Å²) in [6.45, 7) is 1.42. The Morgan fingerprint density at radius 2 is 1.88 bits per heavy atom. The normalized spacial score (nSPS) is 18.1. The second-order valence-corrected chi connectivity index (χ2v) is 6.91. The summed E-state index contributed by atoms with van der Waals surface area (Å²) in [6.07, 6.45) is 2.23. The van der Waals surface area contributed by atoms with E-state index in [2.05, 4.69) is 10.6 Å². The molecule has 0 radical (unpaired) electrons. The Bertz CT molecular complexity index is 698. The van der Waals surface area contributed by atoms with E-state index in [1.54, 1.807) is 18.2 Å². The van der Waals surface area contributed by atoms with Crippen molar-refractivity contribution in [3.8, 4) is 0 Å². The average Bonchev–Trinajstić information content (AvgIpc) is 3.08. The maximum atomic E-state index is 12.8. The molecule has 1 aliphatic rings. The SMILES string of the molecule is O=C(Nc1cc(Cl)cc(Cl)c1)[C@H](NC[C@H]1CCCO1)c1ccccc1. The Hall–Kier alpha value is -1.59. The van der Waals surface area contributed by atoms with E-state index in [4.69, 9.17) is 27.9 Å². The van der Waals surface area contributed by atoms with Crippen LogP contribution in [0.5, 0.6) is 0 Å². The molecule has 1 amide bonds. The Balaban J connectivity index is 1.73. The highest BCUT2D eigenvalue weighted by molar-refractivity contribution is 6.35. The molecule has 2 aromatic carbocycles. The summed E-state index contributed by atoms with van der Waals surface area (Å²) in [5.74, 6) is -0.164. The van der Waals surface area contributed by atoms with Gasteiger partial charge in [0.15, 0.2) is 0 Å². The first kappa shape index (κ1) is 18.2. The third-order valence-electron chi connectivity index (χ3n) is 4.10. The second kappa shape index (κ2) is 8.68. The van der Waals surface area contributed by atoms with Gasteiger partial charge in [0, 0.05) is 28.9 Å². The predicted octanol–water partition coefficient (Wildman–Crippen LogP) is 4.44. The maximum absolute atomic E-state index is 12.8. The van der Waals surface area contributed by atoms with Gasteiger partial charge in [-0.1, -0.05) is 53.5 Å². The van der Waals surface area contributed by atoms with Crippen LogP contribution in [0, 0.1) is 0 Å². The molecule has 25 heavy (non-hydrogen) atoms. The molecule has 132 valence electrons. The second-order valence-electron chi connectivity index (χ2n) is 6.03. The molecule has 2 atom stereocenters. The van der Waals surface area contributed by atoms with Crippen LogP contribution in [0.15, 0.2) is 48.5 Å². The summed E-state index contributed by atoms with van der Waals surface area (Å²) in [4.78, 5) is 12.8. The molecule has 4 nitrogen and oxygen atoms in total. The molecule has 2 aromatic rings. The van der Waals surface area contributed by atoms with Crippen molar-refractivity contribution in [1.29, 1.82) is 0 Å². The standard InChI is InChI=1S/C19H20Cl2N2O2/c20-14-9-15(21)11-16(10-14)23-19(24)18(13-5-2-1-3-6-13)22-12-17-7-4-8-25-17/h1-3,5-6,9-11,17-18,22H,4,7-8,12H2,(H,23,24)/t17-,18-/m1/s1. The van der Waals surface area contributed by atoms with Crippen molar-refractivity contribution in [3.05, 3.63) is 64.1 Å². The van der Waals surface area contributed by atoms with E-state index < -0.39 is 6.04 Å². The summed E-state index contributed by atoms with van der Waals surface area (Å²) < 4.78 is 5.64. The molecule has 0 saturated carbocycles. The molecule has 1 fully saturated rings. The number of hydrogen-bond acceptors (Lipinski definition) is 3. The first-order valence-electron chi connectivity index (χ1n) is 8.29. The van der Waals surface area contributed by atoms with Gasteiger partial charge in [-0.3, -0.25) is 10.1 Å². The van der Waals surface area contributed by atoms with Crippen molar-refractivity contribution in [2.75, 3.05) is 18.5 Å². The van der Waals surface area contributed by atoms with Crippen LogP contribution in [0.25, 0.3) is 0 Å². The van der Waals surface area contributed by atoms with E-state index in [1.165, 1.54) is 0 Å². The highest BCUT2D eigenvalue weighted by Gasteiger charge is 2.23. The quantitative estimate of drug-likeness (QED) is 0.780. The molecule has 1 aliphatic heterocycles. The largest absolute Gasteiger partial charge is 0.377 e. The molecule has 0 unspecified atom stereocenters. The van der Waals surface area contributed by atoms with E-state index in [-0.39, 0.29) is 12.0 Å². The van der Waals surface area contributed by atoms with Crippen molar-refractivity contribution in [2.24, 2.45) is 0 Å². The molecule has 1 saturated heterocycles. The molecule has 0 aliphatic carbocycles. The fourth-order valence-corrected chi connectivity index (χ4v) is 3.43. The maximum Gasteiger partial charge on any atom is 0.246 e. The van der Waals surface area contributed by atoms with Crippen LogP contribution >= 0.6 is 23.2 Å². The van der Waals surface area contributed by atoms with Crippen LogP contribution in [0.2, 0.25) is 10.0 Å². The summed E-state index contributed by atoms with van der Waals surface area (Å²) in [5.41, 5.74) is 1.47. The molecule has 3 rings (SSSR count). The van der Waals surface area contributed by atoms with Gasteiger partial charge >= 0.3 is 0 Å². The Morgan fingerprint density at radius 1 is 1.16 bits per heavy atom. The summed E-state index contributed by atoms with van der Waals surface area (Å²) in [6, 6.07) is 14.1. The number of nitrogens with one attached hydrogen (secondary N) is 2. The minimum absolute atomic E-state index is 0.152. The minimum Gasteiger partial charge on any atom is -0.377 e. The monoisotopic (exact) mass is 378 g/mol. The lowest BCUT2D eigenvalue weighted by Crippen LogP contribution is -2.37. The first-order chi connectivity index (χ1) is 12.1.